The number of anilines is 1. The normalized spacial score (nSPS) is 11.1. The van der Waals surface area contributed by atoms with Crippen LogP contribution in [0.15, 0.2) is 45.7 Å². The summed E-state index contributed by atoms with van der Waals surface area (Å²) in [5.74, 6) is 0.463. The molecule has 0 saturated heterocycles. The molecule has 4 rings (SSSR count). The fourth-order valence-electron chi connectivity index (χ4n) is 3.32. The molecule has 0 aliphatic carbocycles. The van der Waals surface area contributed by atoms with E-state index in [0.29, 0.717) is 28.3 Å². The molecular formula is C20H22N8O2S2. The third kappa shape index (κ3) is 3.98. The predicted molar refractivity (Wildman–Crippen MR) is 124 cm³/mol. The van der Waals surface area contributed by atoms with Gasteiger partial charge in [0, 0.05) is 31.6 Å². The molecule has 0 bridgehead atoms. The summed E-state index contributed by atoms with van der Waals surface area (Å²) in [6.45, 7) is 5.86. The van der Waals surface area contributed by atoms with Crippen molar-refractivity contribution in [1.82, 2.24) is 34.6 Å². The number of thioether (sulfide) groups is 1. The number of rotatable bonds is 7. The van der Waals surface area contributed by atoms with E-state index >= 15 is 0 Å². The molecule has 3 aromatic heterocycles. The van der Waals surface area contributed by atoms with Crippen molar-refractivity contribution < 1.29 is 4.79 Å². The Morgan fingerprint density at radius 3 is 2.69 bits per heavy atom. The van der Waals surface area contributed by atoms with Crippen LogP contribution in [0.1, 0.15) is 25.2 Å². The molecule has 4 aromatic rings. The van der Waals surface area contributed by atoms with E-state index in [1.54, 1.807) is 14.3 Å². The van der Waals surface area contributed by atoms with Gasteiger partial charge in [-0.3, -0.25) is 19.2 Å². The van der Waals surface area contributed by atoms with Gasteiger partial charge in [0.05, 0.1) is 17.1 Å². The molecule has 12 heteroatoms. The van der Waals surface area contributed by atoms with Crippen LogP contribution in [0.2, 0.25) is 0 Å². The minimum Gasteiger partial charge on any atom is -0.289 e. The van der Waals surface area contributed by atoms with Crippen LogP contribution in [0, 0.1) is 6.92 Å². The summed E-state index contributed by atoms with van der Waals surface area (Å²) in [5.41, 5.74) is 2.51. The maximum absolute atomic E-state index is 13.3. The summed E-state index contributed by atoms with van der Waals surface area (Å²) < 4.78 is 4.86. The molecule has 0 unspecified atom stereocenters. The predicted octanol–water partition coefficient (Wildman–Crippen LogP) is 2.58. The highest BCUT2D eigenvalue weighted by molar-refractivity contribution is 7.98. The fourth-order valence-corrected chi connectivity index (χ4v) is 5.13. The van der Waals surface area contributed by atoms with Crippen LogP contribution in [0.3, 0.4) is 0 Å². The molecule has 0 spiro atoms. The van der Waals surface area contributed by atoms with Crippen molar-refractivity contribution in [2.24, 2.45) is 7.05 Å². The number of thiazole rings is 1. The third-order valence-corrected chi connectivity index (χ3v) is 6.86. The quantitative estimate of drug-likeness (QED) is 0.382. The average Bonchev–Trinajstić information content (AvgIpc) is 3.47. The SMILES string of the molecule is CCN(C(C)=O)c1nc(CSc2nnnn2-c2c(C)n(C)n(-c3ccccc3)c2=O)cs1. The van der Waals surface area contributed by atoms with Gasteiger partial charge in [0.25, 0.3) is 5.56 Å². The van der Waals surface area contributed by atoms with E-state index < -0.39 is 0 Å². The average molecular weight is 471 g/mol. The van der Waals surface area contributed by atoms with Crippen LogP contribution in [0.4, 0.5) is 5.13 Å². The fraction of sp³-hybridized carbons (Fsp3) is 0.300. The minimum absolute atomic E-state index is 0.0424. The zero-order chi connectivity index (χ0) is 22.8. The van der Waals surface area contributed by atoms with Gasteiger partial charge in [-0.15, -0.1) is 16.4 Å². The van der Waals surface area contributed by atoms with Gasteiger partial charge in [0.2, 0.25) is 11.1 Å². The first kappa shape index (κ1) is 22.0. The summed E-state index contributed by atoms with van der Waals surface area (Å²) in [6.07, 6.45) is 0. The van der Waals surface area contributed by atoms with Crippen molar-refractivity contribution in [3.05, 3.63) is 57.5 Å². The van der Waals surface area contributed by atoms with Gasteiger partial charge in [0.15, 0.2) is 10.8 Å². The lowest BCUT2D eigenvalue weighted by Crippen LogP contribution is -2.27. The van der Waals surface area contributed by atoms with Crippen LogP contribution in [0.5, 0.6) is 0 Å². The summed E-state index contributed by atoms with van der Waals surface area (Å²) >= 11 is 2.80. The topological polar surface area (TPSA) is 104 Å². The van der Waals surface area contributed by atoms with Crippen molar-refractivity contribution in [2.75, 3.05) is 11.4 Å². The van der Waals surface area contributed by atoms with Gasteiger partial charge < -0.3 is 0 Å². The maximum Gasteiger partial charge on any atom is 0.297 e. The van der Waals surface area contributed by atoms with E-state index in [1.165, 1.54) is 34.7 Å². The van der Waals surface area contributed by atoms with Gasteiger partial charge in [-0.2, -0.15) is 4.68 Å². The molecule has 166 valence electrons. The summed E-state index contributed by atoms with van der Waals surface area (Å²) in [5, 5.41) is 15.0. The zero-order valence-corrected chi connectivity index (χ0v) is 19.7. The number of hydrogen-bond acceptors (Lipinski definition) is 8. The molecule has 32 heavy (non-hydrogen) atoms. The molecule has 0 aliphatic rings. The minimum atomic E-state index is -0.207. The van der Waals surface area contributed by atoms with Gasteiger partial charge in [0.1, 0.15) is 0 Å². The number of tetrazole rings is 1. The monoisotopic (exact) mass is 470 g/mol. The lowest BCUT2D eigenvalue weighted by Gasteiger charge is -2.14. The summed E-state index contributed by atoms with van der Waals surface area (Å²) in [6, 6.07) is 9.42. The highest BCUT2D eigenvalue weighted by Crippen LogP contribution is 2.27. The number of benzene rings is 1. The first-order chi connectivity index (χ1) is 15.4. The number of amides is 1. The van der Waals surface area contributed by atoms with Crippen LogP contribution >= 0.6 is 23.1 Å². The summed E-state index contributed by atoms with van der Waals surface area (Å²) in [4.78, 5) is 31.2. The Morgan fingerprint density at radius 2 is 2.00 bits per heavy atom. The number of aromatic nitrogens is 7. The molecule has 0 fully saturated rings. The molecule has 0 atom stereocenters. The van der Waals surface area contributed by atoms with Crippen LogP contribution < -0.4 is 10.5 Å². The molecule has 1 amide bonds. The second-order valence-corrected chi connectivity index (χ2v) is 8.74. The van der Waals surface area contributed by atoms with E-state index in [0.717, 1.165) is 17.1 Å². The van der Waals surface area contributed by atoms with Gasteiger partial charge in [-0.05, 0) is 36.4 Å². The van der Waals surface area contributed by atoms with E-state index in [9.17, 15) is 9.59 Å². The highest BCUT2D eigenvalue weighted by Gasteiger charge is 2.22. The van der Waals surface area contributed by atoms with Crippen LogP contribution in [-0.4, -0.2) is 47.0 Å². The zero-order valence-electron chi connectivity index (χ0n) is 18.1. The Bertz CT molecular complexity index is 1300. The first-order valence-corrected chi connectivity index (χ1v) is 11.8. The number of para-hydroxylation sites is 1. The van der Waals surface area contributed by atoms with E-state index in [4.69, 9.17) is 0 Å². The van der Waals surface area contributed by atoms with Crippen molar-refractivity contribution in [1.29, 1.82) is 0 Å². The third-order valence-electron chi connectivity index (χ3n) is 4.99. The Balaban J connectivity index is 1.61. The van der Waals surface area contributed by atoms with E-state index in [2.05, 4.69) is 20.5 Å². The number of nitrogens with zero attached hydrogens (tertiary/aromatic N) is 8. The van der Waals surface area contributed by atoms with Crippen LogP contribution in [0.25, 0.3) is 11.4 Å². The van der Waals surface area contributed by atoms with Crippen molar-refractivity contribution in [2.45, 2.75) is 31.7 Å². The highest BCUT2D eigenvalue weighted by atomic mass is 32.2. The van der Waals surface area contributed by atoms with Crippen molar-refractivity contribution in [3.8, 4) is 11.4 Å². The lowest BCUT2D eigenvalue weighted by molar-refractivity contribution is -0.116. The molecule has 0 radical (unpaired) electrons. The van der Waals surface area contributed by atoms with Crippen molar-refractivity contribution >= 4 is 34.1 Å². The Labute approximate surface area is 192 Å². The van der Waals surface area contributed by atoms with E-state index in [1.807, 2.05) is 56.6 Å². The largest absolute Gasteiger partial charge is 0.297 e. The van der Waals surface area contributed by atoms with Crippen molar-refractivity contribution in [3.63, 3.8) is 0 Å². The number of hydrogen-bond donors (Lipinski definition) is 0. The first-order valence-electron chi connectivity index (χ1n) is 9.90. The second kappa shape index (κ2) is 9.09. The Kier molecular flexibility index (Phi) is 6.24. The molecule has 1 aromatic carbocycles. The van der Waals surface area contributed by atoms with Crippen LogP contribution in [-0.2, 0) is 17.6 Å². The molecule has 0 aliphatic heterocycles. The van der Waals surface area contributed by atoms with Gasteiger partial charge in [-0.1, -0.05) is 30.0 Å². The number of carbonyl (C=O) groups is 1. The molecule has 3 heterocycles. The summed E-state index contributed by atoms with van der Waals surface area (Å²) in [7, 11) is 1.83. The molecule has 10 nitrogen and oxygen atoms in total. The van der Waals surface area contributed by atoms with Gasteiger partial charge in [-0.25, -0.2) is 9.67 Å². The molecule has 0 saturated carbocycles. The second-order valence-electron chi connectivity index (χ2n) is 6.96. The standard InChI is InChI=1S/C20H22N8O2S2/c1-5-26(14(3)29)19-21-15(11-31-19)12-32-20-22-23-24-27(20)17-13(2)25(4)28(18(17)30)16-9-7-6-8-10-16/h6-11H,5,12H2,1-4H3. The maximum atomic E-state index is 13.3. The Morgan fingerprint density at radius 1 is 1.25 bits per heavy atom. The molecular weight excluding hydrogens is 448 g/mol. The Hall–Kier alpha value is -3.25. The number of carbonyl (C=O) groups excluding carboxylic acids is 1. The molecule has 0 N–H and O–H groups in total. The smallest absolute Gasteiger partial charge is 0.289 e. The van der Waals surface area contributed by atoms with Gasteiger partial charge >= 0.3 is 0 Å². The van der Waals surface area contributed by atoms with E-state index in [-0.39, 0.29) is 11.5 Å². The lowest BCUT2D eigenvalue weighted by atomic mass is 10.3.